The highest BCUT2D eigenvalue weighted by Crippen LogP contribution is 2.22. The van der Waals surface area contributed by atoms with E-state index in [2.05, 4.69) is 14.5 Å². The van der Waals surface area contributed by atoms with Crippen LogP contribution in [0.2, 0.25) is 0 Å². The molecule has 0 aliphatic carbocycles. The first-order chi connectivity index (χ1) is 9.56. The van der Waals surface area contributed by atoms with Crippen LogP contribution in [0.1, 0.15) is 12.2 Å². The molecule has 0 radical (unpaired) electrons. The zero-order chi connectivity index (χ0) is 14.3. The third-order valence-electron chi connectivity index (χ3n) is 4.04. The van der Waals surface area contributed by atoms with E-state index in [1.54, 1.807) is 11.1 Å². The van der Waals surface area contributed by atoms with E-state index in [9.17, 15) is 4.79 Å². The molecule has 1 aliphatic heterocycles. The number of hydrogen-bond acceptors (Lipinski definition) is 3. The van der Waals surface area contributed by atoms with E-state index < -0.39 is 0 Å². The fourth-order valence-electron chi connectivity index (χ4n) is 2.76. The molecular formula is C14H19N5O. The highest BCUT2D eigenvalue weighted by molar-refractivity contribution is 5.78. The van der Waals surface area contributed by atoms with Crippen molar-refractivity contribution in [3.05, 3.63) is 24.4 Å². The Labute approximate surface area is 118 Å². The number of hydrogen-bond donors (Lipinski definition) is 0. The molecule has 2 aromatic rings. The molecule has 20 heavy (non-hydrogen) atoms. The van der Waals surface area contributed by atoms with Gasteiger partial charge in [-0.3, -0.25) is 4.79 Å². The summed E-state index contributed by atoms with van der Waals surface area (Å²) in [5.74, 6) is 2.46. The minimum Gasteiger partial charge on any atom is -0.345 e. The largest absolute Gasteiger partial charge is 0.345 e. The molecule has 0 saturated carbocycles. The van der Waals surface area contributed by atoms with E-state index in [0.717, 1.165) is 30.4 Å². The lowest BCUT2D eigenvalue weighted by Crippen LogP contribution is -2.20. The fourth-order valence-corrected chi connectivity index (χ4v) is 2.76. The van der Waals surface area contributed by atoms with Crippen molar-refractivity contribution in [2.45, 2.75) is 19.9 Å². The van der Waals surface area contributed by atoms with Gasteiger partial charge in [0.15, 0.2) is 5.82 Å². The quantitative estimate of drug-likeness (QED) is 0.840. The minimum absolute atomic E-state index is 0.230. The molecule has 2 aromatic heterocycles. The van der Waals surface area contributed by atoms with Crippen molar-refractivity contribution in [2.24, 2.45) is 13.0 Å². The highest BCUT2D eigenvalue weighted by atomic mass is 16.2. The number of aromatic nitrogens is 4. The SMILES string of the molecule is Cc1ncc(-c2nccn2CC2CC(=O)N(C)C2)n1C. The molecule has 1 fully saturated rings. The average molecular weight is 273 g/mol. The van der Waals surface area contributed by atoms with Gasteiger partial charge in [-0.2, -0.15) is 0 Å². The number of rotatable bonds is 3. The van der Waals surface area contributed by atoms with Crippen molar-refractivity contribution in [3.63, 3.8) is 0 Å². The van der Waals surface area contributed by atoms with Gasteiger partial charge in [0.25, 0.3) is 0 Å². The van der Waals surface area contributed by atoms with E-state index in [1.165, 1.54) is 0 Å². The predicted octanol–water partition coefficient (Wildman–Crippen LogP) is 1.07. The average Bonchev–Trinajstić information content (AvgIpc) is 3.05. The second-order valence-electron chi connectivity index (χ2n) is 5.50. The normalized spacial score (nSPS) is 19.1. The van der Waals surface area contributed by atoms with Gasteiger partial charge in [-0.1, -0.05) is 0 Å². The van der Waals surface area contributed by atoms with Gasteiger partial charge in [-0.15, -0.1) is 0 Å². The zero-order valence-electron chi connectivity index (χ0n) is 12.1. The first-order valence-corrected chi connectivity index (χ1v) is 6.80. The van der Waals surface area contributed by atoms with Gasteiger partial charge >= 0.3 is 0 Å². The second kappa shape index (κ2) is 4.77. The molecular weight excluding hydrogens is 254 g/mol. The maximum Gasteiger partial charge on any atom is 0.222 e. The van der Waals surface area contributed by atoms with Crippen LogP contribution in [-0.2, 0) is 18.4 Å². The van der Waals surface area contributed by atoms with Gasteiger partial charge in [-0.05, 0) is 6.92 Å². The van der Waals surface area contributed by atoms with Crippen molar-refractivity contribution in [2.75, 3.05) is 13.6 Å². The number of aryl methyl sites for hydroxylation is 1. The number of nitrogens with zero attached hydrogens (tertiary/aromatic N) is 5. The van der Waals surface area contributed by atoms with Crippen LogP contribution in [0, 0.1) is 12.8 Å². The lowest BCUT2D eigenvalue weighted by Gasteiger charge is -2.13. The number of carbonyl (C=O) groups is 1. The van der Waals surface area contributed by atoms with Crippen LogP contribution in [0.25, 0.3) is 11.5 Å². The Morgan fingerprint density at radius 1 is 1.35 bits per heavy atom. The van der Waals surface area contributed by atoms with Crippen LogP contribution in [0.3, 0.4) is 0 Å². The van der Waals surface area contributed by atoms with Gasteiger partial charge in [-0.25, -0.2) is 9.97 Å². The summed E-state index contributed by atoms with van der Waals surface area (Å²) >= 11 is 0. The Kier molecular flexibility index (Phi) is 3.08. The first kappa shape index (κ1) is 12.9. The zero-order valence-corrected chi connectivity index (χ0v) is 12.1. The van der Waals surface area contributed by atoms with Crippen LogP contribution in [0.5, 0.6) is 0 Å². The molecule has 6 heteroatoms. The molecule has 0 N–H and O–H groups in total. The Bertz CT molecular complexity index is 642. The van der Waals surface area contributed by atoms with E-state index in [0.29, 0.717) is 12.3 Å². The summed E-state index contributed by atoms with van der Waals surface area (Å²) < 4.78 is 4.15. The van der Waals surface area contributed by atoms with E-state index in [1.807, 2.05) is 38.0 Å². The summed E-state index contributed by atoms with van der Waals surface area (Å²) in [5.41, 5.74) is 1.00. The van der Waals surface area contributed by atoms with Crippen LogP contribution < -0.4 is 0 Å². The predicted molar refractivity (Wildman–Crippen MR) is 74.9 cm³/mol. The number of imidazole rings is 2. The van der Waals surface area contributed by atoms with Gasteiger partial charge in [0, 0.05) is 51.9 Å². The third kappa shape index (κ3) is 2.11. The molecule has 0 aromatic carbocycles. The molecule has 3 rings (SSSR count). The Balaban J connectivity index is 1.84. The topological polar surface area (TPSA) is 56.0 Å². The first-order valence-electron chi connectivity index (χ1n) is 6.80. The van der Waals surface area contributed by atoms with E-state index in [-0.39, 0.29) is 5.91 Å². The van der Waals surface area contributed by atoms with Crippen molar-refractivity contribution in [1.29, 1.82) is 0 Å². The number of likely N-dealkylation sites (tertiary alicyclic amines) is 1. The number of carbonyl (C=O) groups excluding carboxylic acids is 1. The van der Waals surface area contributed by atoms with Crippen LogP contribution in [0.15, 0.2) is 18.6 Å². The molecule has 106 valence electrons. The molecule has 1 atom stereocenters. The lowest BCUT2D eigenvalue weighted by molar-refractivity contribution is -0.126. The van der Waals surface area contributed by atoms with Crippen LogP contribution >= 0.6 is 0 Å². The monoisotopic (exact) mass is 273 g/mol. The van der Waals surface area contributed by atoms with E-state index in [4.69, 9.17) is 0 Å². The molecule has 1 aliphatic rings. The van der Waals surface area contributed by atoms with Crippen LogP contribution in [-0.4, -0.2) is 43.5 Å². The number of amides is 1. The van der Waals surface area contributed by atoms with E-state index >= 15 is 0 Å². The molecule has 0 spiro atoms. The highest BCUT2D eigenvalue weighted by Gasteiger charge is 2.27. The van der Waals surface area contributed by atoms with Gasteiger partial charge < -0.3 is 14.0 Å². The van der Waals surface area contributed by atoms with Crippen molar-refractivity contribution in [1.82, 2.24) is 24.0 Å². The molecule has 0 bridgehead atoms. The van der Waals surface area contributed by atoms with Crippen molar-refractivity contribution < 1.29 is 4.79 Å². The molecule has 1 amide bonds. The van der Waals surface area contributed by atoms with Crippen LogP contribution in [0.4, 0.5) is 0 Å². The Morgan fingerprint density at radius 3 is 2.75 bits per heavy atom. The minimum atomic E-state index is 0.230. The molecule has 1 unspecified atom stereocenters. The smallest absolute Gasteiger partial charge is 0.222 e. The summed E-state index contributed by atoms with van der Waals surface area (Å²) in [6.07, 6.45) is 6.25. The summed E-state index contributed by atoms with van der Waals surface area (Å²) in [6.45, 7) is 3.61. The van der Waals surface area contributed by atoms with Crippen molar-refractivity contribution in [3.8, 4) is 11.5 Å². The maximum absolute atomic E-state index is 11.6. The summed E-state index contributed by atoms with van der Waals surface area (Å²) in [5, 5.41) is 0. The van der Waals surface area contributed by atoms with Crippen molar-refractivity contribution >= 4 is 5.91 Å². The lowest BCUT2D eigenvalue weighted by atomic mass is 10.1. The van der Waals surface area contributed by atoms with Gasteiger partial charge in [0.05, 0.1) is 6.20 Å². The summed E-state index contributed by atoms with van der Waals surface area (Å²) in [7, 11) is 3.85. The standard InChI is InChI=1S/C14H19N5O/c1-10-16-7-12(18(10)3)14-15-4-5-19(14)9-11-6-13(20)17(2)8-11/h4-5,7,11H,6,8-9H2,1-3H3. The summed E-state index contributed by atoms with van der Waals surface area (Å²) in [4.78, 5) is 22.2. The maximum atomic E-state index is 11.6. The molecule has 6 nitrogen and oxygen atoms in total. The second-order valence-corrected chi connectivity index (χ2v) is 5.50. The Hall–Kier alpha value is -2.11. The molecule has 3 heterocycles. The van der Waals surface area contributed by atoms with Gasteiger partial charge in [0.1, 0.15) is 11.5 Å². The summed E-state index contributed by atoms with van der Waals surface area (Å²) in [6, 6.07) is 0. The fraction of sp³-hybridized carbons (Fsp3) is 0.500. The Morgan fingerprint density at radius 2 is 2.15 bits per heavy atom. The molecule has 1 saturated heterocycles. The van der Waals surface area contributed by atoms with Gasteiger partial charge in [0.2, 0.25) is 5.91 Å². The third-order valence-corrected chi connectivity index (χ3v) is 4.04.